The van der Waals surface area contributed by atoms with Crippen LogP contribution >= 0.6 is 0 Å². The Hall–Kier alpha value is -3.11. The zero-order chi connectivity index (χ0) is 27.1. The lowest BCUT2D eigenvalue weighted by molar-refractivity contribution is -0.384. The van der Waals surface area contributed by atoms with Crippen LogP contribution in [-0.4, -0.2) is 74.0 Å². The minimum absolute atomic E-state index is 0.0165. The third kappa shape index (κ3) is 9.16. The first-order valence-corrected chi connectivity index (χ1v) is 13.6. The van der Waals surface area contributed by atoms with E-state index in [9.17, 15) is 36.9 Å². The van der Waals surface area contributed by atoms with Crippen molar-refractivity contribution in [2.24, 2.45) is 0 Å². The lowest BCUT2D eigenvalue weighted by Crippen LogP contribution is -2.38. The Morgan fingerprint density at radius 1 is 1.11 bits per heavy atom. The normalized spacial score (nSPS) is 17.7. The first kappa shape index (κ1) is 29.1. The van der Waals surface area contributed by atoms with E-state index in [-0.39, 0.29) is 36.8 Å². The fraction of sp³-hybridized carbons (Fsp3) is 0.381. The van der Waals surface area contributed by atoms with Crippen LogP contribution in [0.1, 0.15) is 17.5 Å². The molecule has 15 heteroatoms. The maximum absolute atomic E-state index is 12.2. The molecule has 0 aromatic heterocycles. The molecule has 2 atom stereocenters. The van der Waals surface area contributed by atoms with E-state index in [4.69, 9.17) is 13.5 Å². The van der Waals surface area contributed by atoms with E-state index >= 15 is 0 Å². The number of aryl methyl sites for hydroxylation is 1. The van der Waals surface area contributed by atoms with Gasteiger partial charge in [0.05, 0.1) is 41.4 Å². The molecule has 1 aliphatic heterocycles. The van der Waals surface area contributed by atoms with E-state index in [1.165, 1.54) is 41.3 Å². The van der Waals surface area contributed by atoms with Gasteiger partial charge in [-0.25, -0.2) is 4.79 Å². The van der Waals surface area contributed by atoms with E-state index < -0.39 is 43.4 Å². The Bertz CT molecular complexity index is 1260. The quantitative estimate of drug-likeness (QED) is 0.223. The van der Waals surface area contributed by atoms with Gasteiger partial charge in [0.15, 0.2) is 0 Å². The van der Waals surface area contributed by atoms with Gasteiger partial charge in [-0.1, -0.05) is 17.7 Å². The van der Waals surface area contributed by atoms with Gasteiger partial charge in [-0.3, -0.25) is 18.9 Å². The maximum Gasteiger partial charge on any atom is 0.410 e. The van der Waals surface area contributed by atoms with E-state index in [0.29, 0.717) is 5.56 Å². The summed E-state index contributed by atoms with van der Waals surface area (Å²) in [5.41, 5.74) is 1.44. The molecule has 0 bridgehead atoms. The summed E-state index contributed by atoms with van der Waals surface area (Å²) in [5.74, 6) is 0. The van der Waals surface area contributed by atoms with Crippen LogP contribution in [-0.2, 0) is 35.8 Å². The van der Waals surface area contributed by atoms with Crippen molar-refractivity contribution >= 4 is 32.0 Å². The van der Waals surface area contributed by atoms with Gasteiger partial charge in [-0.15, -0.1) is 0 Å². The number of amides is 1. The standard InChI is InChI=1S/C14H18N2O8S.C7H8O3S/c1-25(21,22)24-13-6-12(8-17)15(7-13)14(18)23-9-10-2-4-11(5-3-10)16(19)20;1-6-2-4-7(5-3-6)11(8,9)10/h2-5,12-13,17H,6-9H2,1H3;2-5H,1H3,(H,8,9,10)/t12-,13+;/m0./s1. The topological polar surface area (TPSA) is 191 Å². The van der Waals surface area contributed by atoms with E-state index in [1.54, 1.807) is 12.1 Å². The zero-order valence-electron chi connectivity index (χ0n) is 19.4. The predicted octanol–water partition coefficient (Wildman–Crippen LogP) is 1.88. The minimum Gasteiger partial charge on any atom is -0.445 e. The van der Waals surface area contributed by atoms with E-state index in [2.05, 4.69) is 0 Å². The molecule has 0 unspecified atom stereocenters. The summed E-state index contributed by atoms with van der Waals surface area (Å²) in [4.78, 5) is 23.3. The molecule has 13 nitrogen and oxygen atoms in total. The van der Waals surface area contributed by atoms with Gasteiger partial charge >= 0.3 is 6.09 Å². The van der Waals surface area contributed by atoms with Gasteiger partial charge < -0.3 is 14.7 Å². The molecule has 0 radical (unpaired) electrons. The number of hydrogen-bond acceptors (Lipinski definition) is 10. The second-order valence-corrected chi connectivity index (χ2v) is 10.9. The third-order valence-electron chi connectivity index (χ3n) is 4.96. The fourth-order valence-electron chi connectivity index (χ4n) is 3.24. The second-order valence-electron chi connectivity index (χ2n) is 7.91. The number of ether oxygens (including phenoxy) is 1. The molecule has 2 aromatic rings. The number of benzene rings is 2. The monoisotopic (exact) mass is 546 g/mol. The molecule has 198 valence electrons. The number of carbonyl (C=O) groups excluding carboxylic acids is 1. The smallest absolute Gasteiger partial charge is 0.410 e. The first-order valence-electron chi connectivity index (χ1n) is 10.4. The van der Waals surface area contributed by atoms with Crippen molar-refractivity contribution in [2.45, 2.75) is 37.0 Å². The van der Waals surface area contributed by atoms with Crippen LogP contribution in [0.25, 0.3) is 0 Å². The van der Waals surface area contributed by atoms with Gasteiger partial charge in [-0.2, -0.15) is 16.8 Å². The Labute approximate surface area is 208 Å². The fourth-order valence-corrected chi connectivity index (χ4v) is 4.35. The molecule has 0 aliphatic carbocycles. The first-order chi connectivity index (χ1) is 16.7. The summed E-state index contributed by atoms with van der Waals surface area (Å²) in [6, 6.07) is 10.9. The third-order valence-corrected chi connectivity index (χ3v) is 6.45. The summed E-state index contributed by atoms with van der Waals surface area (Å²) in [5, 5.41) is 19.9. The lowest BCUT2D eigenvalue weighted by atomic mass is 10.2. The molecule has 36 heavy (non-hydrogen) atoms. The average molecular weight is 547 g/mol. The SMILES string of the molecule is CS(=O)(=O)O[C@@H]1C[C@@H](CO)N(C(=O)OCc2ccc([N+](=O)[O-])cc2)C1.Cc1ccc(S(=O)(=O)O)cc1. The highest BCUT2D eigenvalue weighted by molar-refractivity contribution is 7.86. The molecule has 0 saturated carbocycles. The lowest BCUT2D eigenvalue weighted by Gasteiger charge is -2.21. The van der Waals surface area contributed by atoms with Crippen molar-refractivity contribution in [2.75, 3.05) is 19.4 Å². The number of nitrogens with zero attached hydrogens (tertiary/aromatic N) is 2. The van der Waals surface area contributed by atoms with Crippen LogP contribution in [0.15, 0.2) is 53.4 Å². The Balaban J connectivity index is 0.000000346. The molecule has 1 fully saturated rings. The molecule has 1 amide bonds. The molecule has 1 aliphatic rings. The van der Waals surface area contributed by atoms with E-state index in [0.717, 1.165) is 11.8 Å². The van der Waals surface area contributed by atoms with Crippen molar-refractivity contribution in [3.63, 3.8) is 0 Å². The van der Waals surface area contributed by atoms with Crippen LogP contribution in [0, 0.1) is 17.0 Å². The number of carbonyl (C=O) groups is 1. The summed E-state index contributed by atoms with van der Waals surface area (Å²) in [6.07, 6.45) is -0.372. The van der Waals surface area contributed by atoms with Crippen LogP contribution in [0.3, 0.4) is 0 Å². The van der Waals surface area contributed by atoms with Gasteiger partial charge in [0.1, 0.15) is 6.61 Å². The molecule has 1 saturated heterocycles. The Kier molecular flexibility index (Phi) is 9.89. The highest BCUT2D eigenvalue weighted by Gasteiger charge is 2.38. The molecule has 0 spiro atoms. The zero-order valence-corrected chi connectivity index (χ0v) is 21.0. The van der Waals surface area contributed by atoms with Gasteiger partial charge in [0, 0.05) is 12.1 Å². The van der Waals surface area contributed by atoms with Gasteiger partial charge in [-0.05, 0) is 43.2 Å². The average Bonchev–Trinajstić information content (AvgIpc) is 3.19. The predicted molar refractivity (Wildman–Crippen MR) is 126 cm³/mol. The van der Waals surface area contributed by atoms with Crippen molar-refractivity contribution in [1.82, 2.24) is 4.90 Å². The summed E-state index contributed by atoms with van der Waals surface area (Å²) in [7, 11) is -7.69. The van der Waals surface area contributed by atoms with E-state index in [1.807, 2.05) is 6.92 Å². The molecule has 1 heterocycles. The summed E-state index contributed by atoms with van der Waals surface area (Å²) >= 11 is 0. The van der Waals surface area contributed by atoms with Crippen molar-refractivity contribution in [3.8, 4) is 0 Å². The second kappa shape index (κ2) is 12.2. The number of aliphatic hydroxyl groups is 1. The Morgan fingerprint density at radius 3 is 2.17 bits per heavy atom. The van der Waals surface area contributed by atoms with Crippen molar-refractivity contribution in [1.29, 1.82) is 0 Å². The number of hydrogen-bond donors (Lipinski definition) is 2. The molecule has 3 rings (SSSR count). The molecular formula is C21H26N2O11S2. The summed E-state index contributed by atoms with van der Waals surface area (Å²) in [6.45, 7) is 1.37. The van der Waals surface area contributed by atoms with Crippen LogP contribution in [0.2, 0.25) is 0 Å². The Morgan fingerprint density at radius 2 is 1.69 bits per heavy atom. The number of non-ortho nitro benzene ring substituents is 1. The van der Waals surface area contributed by atoms with Crippen LogP contribution < -0.4 is 0 Å². The van der Waals surface area contributed by atoms with Crippen molar-refractivity contribution < 1.29 is 45.1 Å². The number of likely N-dealkylation sites (tertiary alicyclic amines) is 1. The maximum atomic E-state index is 12.2. The largest absolute Gasteiger partial charge is 0.445 e. The minimum atomic E-state index is -4.02. The highest BCUT2D eigenvalue weighted by atomic mass is 32.2. The van der Waals surface area contributed by atoms with Crippen LogP contribution in [0.5, 0.6) is 0 Å². The van der Waals surface area contributed by atoms with Gasteiger partial charge in [0.25, 0.3) is 25.9 Å². The molecular weight excluding hydrogens is 520 g/mol. The van der Waals surface area contributed by atoms with Crippen molar-refractivity contribution in [3.05, 3.63) is 69.8 Å². The number of rotatable bonds is 7. The molecule has 2 aromatic carbocycles. The summed E-state index contributed by atoms with van der Waals surface area (Å²) < 4.78 is 61.9. The number of nitro groups is 1. The number of aliphatic hydroxyl groups excluding tert-OH is 1. The highest BCUT2D eigenvalue weighted by Crippen LogP contribution is 2.23. The van der Waals surface area contributed by atoms with Crippen LogP contribution in [0.4, 0.5) is 10.5 Å². The molecule has 2 N–H and O–H groups in total. The number of nitro benzene ring substituents is 1. The van der Waals surface area contributed by atoms with Gasteiger partial charge in [0.2, 0.25) is 0 Å².